The summed E-state index contributed by atoms with van der Waals surface area (Å²) in [6.07, 6.45) is 0.563. The summed E-state index contributed by atoms with van der Waals surface area (Å²) in [6, 6.07) is 6.52. The predicted molar refractivity (Wildman–Crippen MR) is 71.9 cm³/mol. The number of nitrogens with one attached hydrogen (secondary N) is 1. The first-order valence-corrected chi connectivity index (χ1v) is 7.78. The smallest absolute Gasteiger partial charge is 0.240 e. The van der Waals surface area contributed by atoms with E-state index in [1.54, 1.807) is 18.2 Å². The Morgan fingerprint density at radius 1 is 1.33 bits per heavy atom. The van der Waals surface area contributed by atoms with Crippen LogP contribution in [0.1, 0.15) is 6.42 Å². The van der Waals surface area contributed by atoms with Crippen LogP contribution >= 0.6 is 15.9 Å². The molecule has 102 valence electrons. The van der Waals surface area contributed by atoms with E-state index in [-0.39, 0.29) is 18.1 Å². The van der Waals surface area contributed by atoms with Crippen LogP contribution in [-0.2, 0) is 14.8 Å². The minimum absolute atomic E-state index is 0.0240. The number of ether oxygens (including phenoxy) is 1. The molecule has 0 aliphatic rings. The van der Waals surface area contributed by atoms with Crippen molar-refractivity contribution in [1.82, 2.24) is 4.72 Å². The molecular weight excluding hydrogens is 322 g/mol. The topological polar surface area (TPSA) is 75.6 Å². The van der Waals surface area contributed by atoms with E-state index in [1.165, 1.54) is 6.07 Å². The van der Waals surface area contributed by atoms with Gasteiger partial charge in [0.25, 0.3) is 0 Å². The van der Waals surface area contributed by atoms with Crippen molar-refractivity contribution in [2.75, 3.05) is 26.4 Å². The summed E-state index contributed by atoms with van der Waals surface area (Å²) < 4.78 is 32.0. The van der Waals surface area contributed by atoms with Crippen molar-refractivity contribution in [2.45, 2.75) is 11.3 Å². The van der Waals surface area contributed by atoms with Gasteiger partial charge in [-0.1, -0.05) is 22.0 Å². The molecule has 0 amide bonds. The molecule has 0 atom stereocenters. The Hall–Kier alpha value is -0.470. The second kappa shape index (κ2) is 7.85. The Morgan fingerprint density at radius 3 is 2.78 bits per heavy atom. The van der Waals surface area contributed by atoms with Crippen LogP contribution in [0.5, 0.6) is 0 Å². The highest BCUT2D eigenvalue weighted by Crippen LogP contribution is 2.15. The molecule has 0 aromatic heterocycles. The molecule has 0 saturated carbocycles. The Bertz CT molecular complexity index is 464. The molecule has 0 spiro atoms. The molecule has 0 heterocycles. The number of halogens is 1. The van der Waals surface area contributed by atoms with E-state index < -0.39 is 10.0 Å². The second-order valence-electron chi connectivity index (χ2n) is 3.54. The van der Waals surface area contributed by atoms with Crippen molar-refractivity contribution in [3.63, 3.8) is 0 Å². The van der Waals surface area contributed by atoms with E-state index in [0.717, 1.165) is 4.47 Å². The molecule has 0 fully saturated rings. The molecule has 2 N–H and O–H groups in total. The third-order valence-corrected chi connectivity index (χ3v) is 4.05. The van der Waals surface area contributed by atoms with E-state index in [9.17, 15) is 8.42 Å². The summed E-state index contributed by atoms with van der Waals surface area (Å²) in [5.74, 6) is 0. The van der Waals surface area contributed by atoms with Gasteiger partial charge in [-0.15, -0.1) is 0 Å². The highest BCUT2D eigenvalue weighted by molar-refractivity contribution is 9.10. The first kappa shape index (κ1) is 15.6. The minimum atomic E-state index is -3.46. The number of aliphatic hydroxyl groups excluding tert-OH is 1. The fraction of sp³-hybridized carbons (Fsp3) is 0.455. The normalized spacial score (nSPS) is 11.7. The van der Waals surface area contributed by atoms with Gasteiger partial charge >= 0.3 is 0 Å². The molecule has 7 heteroatoms. The lowest BCUT2D eigenvalue weighted by Crippen LogP contribution is -2.25. The van der Waals surface area contributed by atoms with Gasteiger partial charge in [-0.05, 0) is 24.6 Å². The maximum atomic E-state index is 11.9. The van der Waals surface area contributed by atoms with Crippen LogP contribution in [0.15, 0.2) is 33.6 Å². The Morgan fingerprint density at radius 2 is 2.11 bits per heavy atom. The average molecular weight is 338 g/mol. The van der Waals surface area contributed by atoms with Crippen LogP contribution in [0.4, 0.5) is 0 Å². The molecule has 0 bridgehead atoms. The molecule has 5 nitrogen and oxygen atoms in total. The zero-order chi connectivity index (χ0) is 13.4. The highest BCUT2D eigenvalue weighted by Gasteiger charge is 2.12. The van der Waals surface area contributed by atoms with Gasteiger partial charge in [-0.2, -0.15) is 0 Å². The first-order chi connectivity index (χ1) is 8.56. The zero-order valence-corrected chi connectivity index (χ0v) is 12.2. The van der Waals surface area contributed by atoms with Crippen LogP contribution in [0.2, 0.25) is 0 Å². The lowest BCUT2D eigenvalue weighted by Gasteiger charge is -2.07. The lowest BCUT2D eigenvalue weighted by atomic mass is 10.4. The molecular formula is C11H16BrNO4S. The van der Waals surface area contributed by atoms with Gasteiger partial charge in [0.1, 0.15) is 0 Å². The summed E-state index contributed by atoms with van der Waals surface area (Å²) in [6.45, 7) is 0.976. The zero-order valence-electron chi connectivity index (χ0n) is 9.80. The molecule has 0 radical (unpaired) electrons. The molecule has 0 saturated heterocycles. The summed E-state index contributed by atoms with van der Waals surface area (Å²) in [5.41, 5.74) is 0. The molecule has 1 aromatic rings. The number of aliphatic hydroxyl groups is 1. The Labute approximate surface area is 115 Å². The maximum absolute atomic E-state index is 11.9. The number of benzene rings is 1. The van der Waals surface area contributed by atoms with Gasteiger partial charge in [0.05, 0.1) is 18.1 Å². The van der Waals surface area contributed by atoms with Crippen LogP contribution in [0.25, 0.3) is 0 Å². The van der Waals surface area contributed by atoms with E-state index >= 15 is 0 Å². The van der Waals surface area contributed by atoms with Gasteiger partial charge in [0, 0.05) is 17.6 Å². The molecule has 0 aliphatic heterocycles. The molecule has 1 aromatic carbocycles. The second-order valence-corrected chi connectivity index (χ2v) is 6.23. The predicted octanol–water partition coefficient (Wildman–Crippen LogP) is 1.13. The summed E-state index contributed by atoms with van der Waals surface area (Å²) >= 11 is 3.23. The van der Waals surface area contributed by atoms with Crippen LogP contribution in [-0.4, -0.2) is 39.9 Å². The third-order valence-electron chi connectivity index (χ3n) is 2.10. The summed E-state index contributed by atoms with van der Waals surface area (Å²) in [4.78, 5) is 0.230. The molecule has 1 rings (SSSR count). The first-order valence-electron chi connectivity index (χ1n) is 5.50. The fourth-order valence-electron chi connectivity index (χ4n) is 1.26. The molecule has 0 unspecified atom stereocenters. The SMILES string of the molecule is O=S(=O)(NCCCOCCO)c1cccc(Br)c1. The average Bonchev–Trinajstić information content (AvgIpc) is 2.33. The number of sulfonamides is 1. The van der Waals surface area contributed by atoms with Crippen molar-refractivity contribution < 1.29 is 18.3 Å². The third kappa shape index (κ3) is 5.45. The van der Waals surface area contributed by atoms with Crippen molar-refractivity contribution in [3.05, 3.63) is 28.7 Å². The Kier molecular flexibility index (Phi) is 6.80. The van der Waals surface area contributed by atoms with Crippen LogP contribution in [0, 0.1) is 0 Å². The number of rotatable bonds is 8. The van der Waals surface area contributed by atoms with Crippen molar-refractivity contribution in [2.24, 2.45) is 0 Å². The quantitative estimate of drug-likeness (QED) is 0.697. The van der Waals surface area contributed by atoms with E-state index in [0.29, 0.717) is 19.6 Å². The van der Waals surface area contributed by atoms with Crippen molar-refractivity contribution >= 4 is 26.0 Å². The van der Waals surface area contributed by atoms with Crippen molar-refractivity contribution in [1.29, 1.82) is 0 Å². The largest absolute Gasteiger partial charge is 0.394 e. The monoisotopic (exact) mass is 337 g/mol. The molecule has 18 heavy (non-hydrogen) atoms. The fourth-order valence-corrected chi connectivity index (χ4v) is 2.94. The van der Waals surface area contributed by atoms with Gasteiger partial charge < -0.3 is 9.84 Å². The minimum Gasteiger partial charge on any atom is -0.394 e. The number of hydrogen-bond donors (Lipinski definition) is 2. The van der Waals surface area contributed by atoms with Gasteiger partial charge in [-0.25, -0.2) is 13.1 Å². The maximum Gasteiger partial charge on any atom is 0.240 e. The van der Waals surface area contributed by atoms with Gasteiger partial charge in [0.15, 0.2) is 0 Å². The van der Waals surface area contributed by atoms with Crippen molar-refractivity contribution in [3.8, 4) is 0 Å². The standard InChI is InChI=1S/C11H16BrNO4S/c12-10-3-1-4-11(9-10)18(15,16)13-5-2-7-17-8-6-14/h1,3-4,9,13-14H,2,5-8H2. The highest BCUT2D eigenvalue weighted by atomic mass is 79.9. The lowest BCUT2D eigenvalue weighted by molar-refractivity contribution is 0.0913. The van der Waals surface area contributed by atoms with Gasteiger partial charge in [0.2, 0.25) is 10.0 Å². The van der Waals surface area contributed by atoms with Crippen LogP contribution in [0.3, 0.4) is 0 Å². The van der Waals surface area contributed by atoms with E-state index in [2.05, 4.69) is 20.7 Å². The van der Waals surface area contributed by atoms with Gasteiger partial charge in [-0.3, -0.25) is 0 Å². The van der Waals surface area contributed by atoms with E-state index in [4.69, 9.17) is 9.84 Å². The Balaban J connectivity index is 2.41. The molecule has 0 aliphatic carbocycles. The van der Waals surface area contributed by atoms with E-state index in [1.807, 2.05) is 0 Å². The summed E-state index contributed by atoms with van der Waals surface area (Å²) in [5, 5.41) is 8.49. The summed E-state index contributed by atoms with van der Waals surface area (Å²) in [7, 11) is -3.46. The van der Waals surface area contributed by atoms with Crippen LogP contribution < -0.4 is 4.72 Å². The number of hydrogen-bond acceptors (Lipinski definition) is 4.